The summed E-state index contributed by atoms with van der Waals surface area (Å²) in [7, 11) is 1.58. The smallest absolute Gasteiger partial charge is 0.343 e. The van der Waals surface area contributed by atoms with Crippen molar-refractivity contribution in [1.29, 1.82) is 0 Å². The van der Waals surface area contributed by atoms with Gasteiger partial charge in [0.2, 0.25) is 0 Å². The summed E-state index contributed by atoms with van der Waals surface area (Å²) < 4.78 is 10.6. The second-order valence-corrected chi connectivity index (χ2v) is 5.39. The molecule has 3 aromatic rings. The topological polar surface area (TPSA) is 59.9 Å². The van der Waals surface area contributed by atoms with Gasteiger partial charge in [-0.05, 0) is 48.5 Å². The van der Waals surface area contributed by atoms with Crippen molar-refractivity contribution in [2.75, 3.05) is 12.5 Å². The van der Waals surface area contributed by atoms with Crippen LogP contribution in [0.5, 0.6) is 11.5 Å². The molecule has 0 fully saturated rings. The summed E-state index contributed by atoms with van der Waals surface area (Å²) in [5.41, 5.74) is 4.94. The zero-order valence-electron chi connectivity index (χ0n) is 14.3. The lowest BCUT2D eigenvalue weighted by Crippen LogP contribution is -2.09. The maximum Gasteiger partial charge on any atom is 0.343 e. The molecule has 5 heteroatoms. The molecule has 0 amide bonds. The summed E-state index contributed by atoms with van der Waals surface area (Å²) in [6.07, 6.45) is 1.61. The highest BCUT2D eigenvalue weighted by molar-refractivity contribution is 5.93. The molecule has 26 heavy (non-hydrogen) atoms. The van der Waals surface area contributed by atoms with Gasteiger partial charge in [0.25, 0.3) is 0 Å². The summed E-state index contributed by atoms with van der Waals surface area (Å²) in [5, 5.41) is 4.19. The zero-order valence-corrected chi connectivity index (χ0v) is 14.3. The number of para-hydroxylation sites is 2. The largest absolute Gasteiger partial charge is 0.497 e. The maximum atomic E-state index is 12.3. The Morgan fingerprint density at radius 1 is 0.923 bits per heavy atom. The molecule has 0 aliphatic rings. The molecule has 0 radical (unpaired) electrons. The predicted molar refractivity (Wildman–Crippen MR) is 102 cm³/mol. The Labute approximate surface area is 151 Å². The van der Waals surface area contributed by atoms with Crippen molar-refractivity contribution in [3.8, 4) is 11.5 Å². The molecule has 0 atom stereocenters. The SMILES string of the molecule is COc1ccc(C(=O)Oc2ccccc2/C=N/Nc2ccccc2)cc1. The summed E-state index contributed by atoms with van der Waals surface area (Å²) in [6, 6.07) is 23.6. The number of carbonyl (C=O) groups excluding carboxylic acids is 1. The average Bonchev–Trinajstić information content (AvgIpc) is 2.70. The molecule has 1 N–H and O–H groups in total. The summed E-state index contributed by atoms with van der Waals surface area (Å²) in [4.78, 5) is 12.3. The van der Waals surface area contributed by atoms with Crippen LogP contribution in [0.15, 0.2) is 84.0 Å². The molecule has 0 saturated heterocycles. The number of anilines is 1. The lowest BCUT2D eigenvalue weighted by Gasteiger charge is -2.08. The van der Waals surface area contributed by atoms with Crippen LogP contribution in [0, 0.1) is 0 Å². The predicted octanol–water partition coefficient (Wildman–Crippen LogP) is 4.36. The van der Waals surface area contributed by atoms with Gasteiger partial charge in [0.15, 0.2) is 0 Å². The molecule has 5 nitrogen and oxygen atoms in total. The van der Waals surface area contributed by atoms with E-state index in [1.54, 1.807) is 49.7 Å². The molecule has 130 valence electrons. The number of hydrazone groups is 1. The Morgan fingerprint density at radius 2 is 1.62 bits per heavy atom. The van der Waals surface area contributed by atoms with Crippen molar-refractivity contribution < 1.29 is 14.3 Å². The van der Waals surface area contributed by atoms with Crippen LogP contribution in [0.3, 0.4) is 0 Å². The molecular formula is C21H18N2O3. The van der Waals surface area contributed by atoms with Crippen molar-refractivity contribution in [1.82, 2.24) is 0 Å². The van der Waals surface area contributed by atoms with E-state index in [2.05, 4.69) is 10.5 Å². The molecule has 3 rings (SSSR count). The standard InChI is InChI=1S/C21H18N2O3/c1-25-19-13-11-16(12-14-19)21(24)26-20-10-6-5-7-17(20)15-22-23-18-8-3-2-4-9-18/h2-15,23H,1H3/b22-15+. The lowest BCUT2D eigenvalue weighted by molar-refractivity contribution is 0.0734. The van der Waals surface area contributed by atoms with E-state index in [9.17, 15) is 4.79 Å². The summed E-state index contributed by atoms with van der Waals surface area (Å²) in [5.74, 6) is 0.678. The van der Waals surface area contributed by atoms with Crippen molar-refractivity contribution in [2.45, 2.75) is 0 Å². The number of carbonyl (C=O) groups is 1. The van der Waals surface area contributed by atoms with Crippen LogP contribution in [-0.2, 0) is 0 Å². The van der Waals surface area contributed by atoms with E-state index < -0.39 is 5.97 Å². The van der Waals surface area contributed by atoms with Crippen LogP contribution in [0.2, 0.25) is 0 Å². The average molecular weight is 346 g/mol. The first-order valence-corrected chi connectivity index (χ1v) is 8.05. The molecule has 0 aliphatic carbocycles. The van der Waals surface area contributed by atoms with Crippen LogP contribution in [0.25, 0.3) is 0 Å². The monoisotopic (exact) mass is 346 g/mol. The van der Waals surface area contributed by atoms with E-state index in [0.717, 1.165) is 5.69 Å². The molecule has 0 heterocycles. The number of methoxy groups -OCH3 is 1. The number of rotatable bonds is 6. The van der Waals surface area contributed by atoms with E-state index in [1.807, 2.05) is 42.5 Å². The van der Waals surface area contributed by atoms with Gasteiger partial charge >= 0.3 is 5.97 Å². The Balaban J connectivity index is 1.71. The number of benzene rings is 3. The van der Waals surface area contributed by atoms with Gasteiger partial charge in [-0.3, -0.25) is 5.43 Å². The first-order valence-electron chi connectivity index (χ1n) is 8.05. The van der Waals surface area contributed by atoms with Crippen LogP contribution in [0.4, 0.5) is 5.69 Å². The molecule has 0 aromatic heterocycles. The number of hydrogen-bond donors (Lipinski definition) is 1. The van der Waals surface area contributed by atoms with Crippen molar-refractivity contribution in [2.24, 2.45) is 5.10 Å². The first kappa shape index (κ1) is 17.2. The van der Waals surface area contributed by atoms with Crippen LogP contribution < -0.4 is 14.9 Å². The second-order valence-electron chi connectivity index (χ2n) is 5.39. The van der Waals surface area contributed by atoms with Gasteiger partial charge in [-0.15, -0.1) is 0 Å². The molecule has 0 unspecified atom stereocenters. The molecule has 0 aliphatic heterocycles. The fourth-order valence-electron chi connectivity index (χ4n) is 2.26. The Morgan fingerprint density at radius 3 is 2.35 bits per heavy atom. The normalized spacial score (nSPS) is 10.5. The third-order valence-electron chi connectivity index (χ3n) is 3.62. The third kappa shape index (κ3) is 4.48. The number of nitrogens with one attached hydrogen (secondary N) is 1. The van der Waals surface area contributed by atoms with Gasteiger partial charge < -0.3 is 9.47 Å². The highest BCUT2D eigenvalue weighted by Gasteiger charge is 2.11. The molecule has 0 spiro atoms. The van der Waals surface area contributed by atoms with E-state index in [0.29, 0.717) is 22.6 Å². The third-order valence-corrected chi connectivity index (χ3v) is 3.62. The highest BCUT2D eigenvalue weighted by Crippen LogP contribution is 2.19. The second kappa shape index (κ2) is 8.48. The number of hydrogen-bond acceptors (Lipinski definition) is 5. The van der Waals surface area contributed by atoms with E-state index >= 15 is 0 Å². The van der Waals surface area contributed by atoms with E-state index in [1.165, 1.54) is 0 Å². The van der Waals surface area contributed by atoms with E-state index in [4.69, 9.17) is 9.47 Å². The van der Waals surface area contributed by atoms with Crippen LogP contribution in [-0.4, -0.2) is 19.3 Å². The molecule has 0 saturated carbocycles. The molecule has 3 aromatic carbocycles. The van der Waals surface area contributed by atoms with Crippen molar-refractivity contribution in [3.05, 3.63) is 90.0 Å². The summed E-state index contributed by atoms with van der Waals surface area (Å²) >= 11 is 0. The Hall–Kier alpha value is -3.60. The van der Waals surface area contributed by atoms with Gasteiger partial charge in [0.1, 0.15) is 11.5 Å². The minimum atomic E-state index is -0.440. The zero-order chi connectivity index (χ0) is 18.2. The highest BCUT2D eigenvalue weighted by atomic mass is 16.5. The number of nitrogens with zero attached hydrogens (tertiary/aromatic N) is 1. The lowest BCUT2D eigenvalue weighted by atomic mass is 10.2. The first-order chi connectivity index (χ1) is 12.8. The van der Waals surface area contributed by atoms with Crippen molar-refractivity contribution >= 4 is 17.9 Å². The van der Waals surface area contributed by atoms with Gasteiger partial charge in [-0.2, -0.15) is 5.10 Å². The van der Waals surface area contributed by atoms with Gasteiger partial charge in [0, 0.05) is 5.56 Å². The quantitative estimate of drug-likeness (QED) is 0.312. The van der Waals surface area contributed by atoms with Crippen molar-refractivity contribution in [3.63, 3.8) is 0 Å². The van der Waals surface area contributed by atoms with Gasteiger partial charge in [-0.1, -0.05) is 30.3 Å². The fourth-order valence-corrected chi connectivity index (χ4v) is 2.26. The Bertz CT molecular complexity index is 891. The fraction of sp³-hybridized carbons (Fsp3) is 0.0476. The maximum absolute atomic E-state index is 12.3. The minimum absolute atomic E-state index is 0.437. The minimum Gasteiger partial charge on any atom is -0.497 e. The van der Waals surface area contributed by atoms with E-state index in [-0.39, 0.29) is 0 Å². The summed E-state index contributed by atoms with van der Waals surface area (Å²) in [6.45, 7) is 0. The van der Waals surface area contributed by atoms with Gasteiger partial charge in [-0.25, -0.2) is 4.79 Å². The van der Waals surface area contributed by atoms with Crippen LogP contribution >= 0.6 is 0 Å². The van der Waals surface area contributed by atoms with Gasteiger partial charge in [0.05, 0.1) is 24.6 Å². The number of ether oxygens (including phenoxy) is 2. The van der Waals surface area contributed by atoms with Crippen LogP contribution in [0.1, 0.15) is 15.9 Å². The number of esters is 1. The Kier molecular flexibility index (Phi) is 5.62. The molecule has 0 bridgehead atoms. The molecular weight excluding hydrogens is 328 g/mol.